The fraction of sp³-hybridized carbons (Fsp3) is 0.615. The zero-order valence-corrected chi connectivity index (χ0v) is 11.4. The first-order valence-corrected chi connectivity index (χ1v) is 6.63. The van der Waals surface area contributed by atoms with E-state index >= 15 is 0 Å². The lowest BCUT2D eigenvalue weighted by Crippen LogP contribution is -2.43. The molecule has 1 aromatic heterocycles. The number of amides is 1. The van der Waals surface area contributed by atoms with Crippen molar-refractivity contribution in [3.63, 3.8) is 0 Å². The Morgan fingerprint density at radius 1 is 1.42 bits per heavy atom. The fourth-order valence-corrected chi connectivity index (χ4v) is 2.07. The molecule has 0 unspecified atom stereocenters. The number of piperidine rings is 1. The van der Waals surface area contributed by atoms with Crippen LogP contribution >= 0.6 is 0 Å². The molecule has 1 aliphatic rings. The van der Waals surface area contributed by atoms with Crippen molar-refractivity contribution in [1.82, 2.24) is 14.9 Å². The number of nitrogens with one attached hydrogen (secondary N) is 1. The number of anilines is 1. The van der Waals surface area contributed by atoms with Crippen molar-refractivity contribution in [2.45, 2.75) is 38.8 Å². The monoisotopic (exact) mass is 264 g/mol. The van der Waals surface area contributed by atoms with E-state index in [4.69, 9.17) is 4.74 Å². The maximum atomic E-state index is 11.7. The van der Waals surface area contributed by atoms with Crippen molar-refractivity contribution in [3.05, 3.63) is 18.6 Å². The first-order valence-electron chi connectivity index (χ1n) is 6.63. The number of likely N-dealkylation sites (tertiary alicyclic amines) is 1. The van der Waals surface area contributed by atoms with Gasteiger partial charge in [-0.3, -0.25) is 4.98 Å². The van der Waals surface area contributed by atoms with Crippen LogP contribution in [0.5, 0.6) is 0 Å². The van der Waals surface area contributed by atoms with Crippen LogP contribution in [-0.4, -0.2) is 46.2 Å². The molecule has 0 aromatic carbocycles. The Bertz CT molecular complexity index is 402. The van der Waals surface area contributed by atoms with Crippen molar-refractivity contribution in [2.75, 3.05) is 18.4 Å². The summed E-state index contributed by atoms with van der Waals surface area (Å²) in [6.45, 7) is 5.15. The molecule has 0 bridgehead atoms. The first kappa shape index (κ1) is 13.6. The number of rotatable bonds is 3. The number of aromatic nitrogens is 2. The minimum atomic E-state index is -0.215. The van der Waals surface area contributed by atoms with Gasteiger partial charge in [0.25, 0.3) is 0 Å². The molecule has 1 aliphatic heterocycles. The molecule has 19 heavy (non-hydrogen) atoms. The minimum absolute atomic E-state index is 0.0667. The summed E-state index contributed by atoms with van der Waals surface area (Å²) in [5, 5.41) is 3.33. The molecule has 1 N–H and O–H groups in total. The topological polar surface area (TPSA) is 67.3 Å². The van der Waals surface area contributed by atoms with E-state index in [1.807, 2.05) is 13.8 Å². The zero-order chi connectivity index (χ0) is 13.7. The lowest BCUT2D eigenvalue weighted by molar-refractivity contribution is 0.0701. The summed E-state index contributed by atoms with van der Waals surface area (Å²) < 4.78 is 5.19. The predicted octanol–water partition coefficient (Wildman–Crippen LogP) is 1.90. The lowest BCUT2D eigenvalue weighted by Gasteiger charge is -2.32. The maximum absolute atomic E-state index is 11.7. The molecule has 0 radical (unpaired) electrons. The summed E-state index contributed by atoms with van der Waals surface area (Å²) in [5.74, 6) is 0.783. The van der Waals surface area contributed by atoms with Gasteiger partial charge in [0.1, 0.15) is 5.82 Å². The highest BCUT2D eigenvalue weighted by molar-refractivity contribution is 5.67. The molecule has 6 nitrogen and oxygen atoms in total. The van der Waals surface area contributed by atoms with Crippen molar-refractivity contribution >= 4 is 11.9 Å². The van der Waals surface area contributed by atoms with E-state index in [9.17, 15) is 4.79 Å². The van der Waals surface area contributed by atoms with E-state index < -0.39 is 0 Å². The molecule has 104 valence electrons. The van der Waals surface area contributed by atoms with Gasteiger partial charge in [0, 0.05) is 31.5 Å². The molecule has 0 atom stereocenters. The molecule has 1 fully saturated rings. The van der Waals surface area contributed by atoms with Crippen LogP contribution in [0.25, 0.3) is 0 Å². The summed E-state index contributed by atoms with van der Waals surface area (Å²) in [7, 11) is 0. The highest BCUT2D eigenvalue weighted by Gasteiger charge is 2.24. The minimum Gasteiger partial charge on any atom is -0.447 e. The van der Waals surface area contributed by atoms with E-state index in [0.717, 1.165) is 18.7 Å². The van der Waals surface area contributed by atoms with E-state index in [1.54, 1.807) is 23.5 Å². The molecule has 6 heteroatoms. The summed E-state index contributed by atoms with van der Waals surface area (Å²) in [6, 6.07) is 0.333. The number of hydrogen-bond donors (Lipinski definition) is 1. The van der Waals surface area contributed by atoms with Crippen LogP contribution < -0.4 is 5.32 Å². The second kappa shape index (κ2) is 6.36. The second-order valence-electron chi connectivity index (χ2n) is 4.93. The average Bonchev–Trinajstić information content (AvgIpc) is 2.40. The van der Waals surface area contributed by atoms with Gasteiger partial charge >= 0.3 is 6.09 Å². The highest BCUT2D eigenvalue weighted by atomic mass is 16.6. The molecular formula is C13H20N4O2. The van der Waals surface area contributed by atoms with Gasteiger partial charge in [-0.2, -0.15) is 0 Å². The van der Waals surface area contributed by atoms with Crippen LogP contribution in [0.1, 0.15) is 26.7 Å². The summed E-state index contributed by atoms with van der Waals surface area (Å²) in [5.41, 5.74) is 0. The Balaban J connectivity index is 1.78. The van der Waals surface area contributed by atoms with Gasteiger partial charge in [-0.05, 0) is 26.7 Å². The van der Waals surface area contributed by atoms with E-state index in [2.05, 4.69) is 15.3 Å². The smallest absolute Gasteiger partial charge is 0.410 e. The number of ether oxygens (including phenoxy) is 1. The average molecular weight is 264 g/mol. The van der Waals surface area contributed by atoms with Crippen molar-refractivity contribution < 1.29 is 9.53 Å². The summed E-state index contributed by atoms with van der Waals surface area (Å²) in [4.78, 5) is 21.7. The molecule has 1 amide bonds. The Hall–Kier alpha value is -1.85. The normalized spacial score (nSPS) is 16.5. The molecule has 0 saturated carbocycles. The van der Waals surface area contributed by atoms with Gasteiger partial charge in [-0.15, -0.1) is 0 Å². The van der Waals surface area contributed by atoms with Crippen LogP contribution in [0.4, 0.5) is 10.6 Å². The highest BCUT2D eigenvalue weighted by Crippen LogP contribution is 2.15. The standard InChI is InChI=1S/C13H20N4O2/c1-10(2)19-13(18)17-7-3-11(4-8-17)16-12-9-14-5-6-15-12/h5-6,9-11H,3-4,7-8H2,1-2H3,(H,15,16). The van der Waals surface area contributed by atoms with Gasteiger partial charge in [-0.1, -0.05) is 0 Å². The van der Waals surface area contributed by atoms with Crippen LogP contribution in [0, 0.1) is 0 Å². The molecular weight excluding hydrogens is 244 g/mol. The maximum Gasteiger partial charge on any atom is 0.410 e. The Kier molecular flexibility index (Phi) is 4.54. The van der Waals surface area contributed by atoms with Gasteiger partial charge in [0.15, 0.2) is 0 Å². The van der Waals surface area contributed by atoms with Gasteiger partial charge in [0.05, 0.1) is 12.3 Å². The van der Waals surface area contributed by atoms with E-state index in [-0.39, 0.29) is 12.2 Å². The Labute approximate surface area is 113 Å². The van der Waals surface area contributed by atoms with Crippen LogP contribution in [0.2, 0.25) is 0 Å². The van der Waals surface area contributed by atoms with Crippen molar-refractivity contribution in [3.8, 4) is 0 Å². The van der Waals surface area contributed by atoms with Gasteiger partial charge in [0.2, 0.25) is 0 Å². The van der Waals surface area contributed by atoms with E-state index in [0.29, 0.717) is 19.1 Å². The Morgan fingerprint density at radius 3 is 2.74 bits per heavy atom. The second-order valence-corrected chi connectivity index (χ2v) is 4.93. The molecule has 1 aromatic rings. The number of carbonyl (C=O) groups excluding carboxylic acids is 1. The number of carbonyl (C=O) groups is 1. The van der Waals surface area contributed by atoms with Gasteiger partial charge < -0.3 is 15.0 Å². The van der Waals surface area contributed by atoms with Crippen LogP contribution in [0.3, 0.4) is 0 Å². The van der Waals surface area contributed by atoms with Crippen molar-refractivity contribution in [2.24, 2.45) is 0 Å². The predicted molar refractivity (Wildman–Crippen MR) is 71.9 cm³/mol. The molecule has 1 saturated heterocycles. The third-order valence-corrected chi connectivity index (χ3v) is 3.00. The molecule has 2 heterocycles. The Morgan fingerprint density at radius 2 is 2.16 bits per heavy atom. The third kappa shape index (κ3) is 4.08. The summed E-state index contributed by atoms with van der Waals surface area (Å²) >= 11 is 0. The van der Waals surface area contributed by atoms with Gasteiger partial charge in [-0.25, -0.2) is 9.78 Å². The first-order chi connectivity index (χ1) is 9.15. The largest absolute Gasteiger partial charge is 0.447 e. The molecule has 0 spiro atoms. The third-order valence-electron chi connectivity index (χ3n) is 3.00. The van der Waals surface area contributed by atoms with Crippen molar-refractivity contribution in [1.29, 1.82) is 0 Å². The fourth-order valence-electron chi connectivity index (χ4n) is 2.07. The quantitative estimate of drug-likeness (QED) is 0.903. The molecule has 0 aliphatic carbocycles. The molecule has 2 rings (SSSR count). The number of nitrogens with zero attached hydrogens (tertiary/aromatic N) is 3. The number of hydrogen-bond acceptors (Lipinski definition) is 5. The lowest BCUT2D eigenvalue weighted by atomic mass is 10.1. The van der Waals surface area contributed by atoms with Crippen LogP contribution in [0.15, 0.2) is 18.6 Å². The van der Waals surface area contributed by atoms with Crippen LogP contribution in [-0.2, 0) is 4.74 Å². The summed E-state index contributed by atoms with van der Waals surface area (Å²) in [6.07, 6.45) is 6.52. The SMILES string of the molecule is CC(C)OC(=O)N1CCC(Nc2cnccn2)CC1. The zero-order valence-electron chi connectivity index (χ0n) is 11.4. The van der Waals surface area contributed by atoms with E-state index in [1.165, 1.54) is 0 Å².